The minimum absolute atomic E-state index is 0.114. The summed E-state index contributed by atoms with van der Waals surface area (Å²) >= 11 is 0. The van der Waals surface area contributed by atoms with Gasteiger partial charge in [-0.3, -0.25) is 10.00 Å². The van der Waals surface area contributed by atoms with Gasteiger partial charge in [0, 0.05) is 38.6 Å². The predicted octanol–water partition coefficient (Wildman–Crippen LogP) is 3.12. The molecule has 2 aliphatic rings. The van der Waals surface area contributed by atoms with Crippen LogP contribution in [-0.4, -0.2) is 59.2 Å². The van der Waals surface area contributed by atoms with E-state index in [4.69, 9.17) is 9.47 Å². The summed E-state index contributed by atoms with van der Waals surface area (Å²) in [4.78, 5) is 14.7. The van der Waals surface area contributed by atoms with Gasteiger partial charge in [0.1, 0.15) is 0 Å². The third kappa shape index (κ3) is 5.11. The molecule has 0 bridgehead atoms. The van der Waals surface area contributed by atoms with Crippen LogP contribution in [0.2, 0.25) is 0 Å². The molecule has 7 heteroatoms. The minimum atomic E-state index is -0.143. The Morgan fingerprint density at radius 2 is 1.75 bits per heavy atom. The lowest BCUT2D eigenvalue weighted by atomic mass is 10.2. The summed E-state index contributed by atoms with van der Waals surface area (Å²) in [6, 6.07) is 11.8. The van der Waals surface area contributed by atoms with Gasteiger partial charge in [0.05, 0.1) is 18.8 Å². The number of nitrogens with zero attached hydrogens (tertiary/aromatic N) is 3. The number of urea groups is 1. The molecule has 1 aromatic heterocycles. The molecule has 1 N–H and O–H groups in total. The van der Waals surface area contributed by atoms with Crippen molar-refractivity contribution in [1.82, 2.24) is 14.7 Å². The fourth-order valence-electron chi connectivity index (χ4n) is 3.78. The van der Waals surface area contributed by atoms with E-state index in [2.05, 4.69) is 22.5 Å². The van der Waals surface area contributed by atoms with Crippen LogP contribution in [0.4, 0.5) is 10.6 Å². The molecule has 7 nitrogen and oxygen atoms in total. The SMILES string of the molecule is O=C(Nc1ccn(Cc2ccccc2)n1)N(C[C@H]1CCCO1)C[C@@H]1CCCO1. The monoisotopic (exact) mass is 384 g/mol. The van der Waals surface area contributed by atoms with Crippen LogP contribution in [0.5, 0.6) is 0 Å². The van der Waals surface area contributed by atoms with Gasteiger partial charge >= 0.3 is 6.03 Å². The highest BCUT2D eigenvalue weighted by atomic mass is 16.5. The summed E-state index contributed by atoms with van der Waals surface area (Å²) in [5.41, 5.74) is 1.17. The number of ether oxygens (including phenoxy) is 2. The van der Waals surface area contributed by atoms with E-state index in [1.54, 1.807) is 0 Å². The Kier molecular flexibility index (Phi) is 6.24. The molecule has 2 aromatic rings. The zero-order chi connectivity index (χ0) is 19.2. The van der Waals surface area contributed by atoms with Gasteiger partial charge in [0.2, 0.25) is 0 Å². The van der Waals surface area contributed by atoms with Crippen molar-refractivity contribution in [2.24, 2.45) is 0 Å². The molecule has 2 saturated heterocycles. The second kappa shape index (κ2) is 9.21. The van der Waals surface area contributed by atoms with Gasteiger partial charge in [-0.25, -0.2) is 4.79 Å². The number of hydrogen-bond acceptors (Lipinski definition) is 4. The summed E-state index contributed by atoms with van der Waals surface area (Å²) in [5.74, 6) is 0.561. The van der Waals surface area contributed by atoms with Crippen LogP contribution in [0, 0.1) is 0 Å². The molecule has 2 atom stereocenters. The first-order chi connectivity index (χ1) is 13.8. The summed E-state index contributed by atoms with van der Waals surface area (Å²) < 4.78 is 13.3. The third-order valence-corrected chi connectivity index (χ3v) is 5.25. The Morgan fingerprint density at radius 1 is 1.07 bits per heavy atom. The van der Waals surface area contributed by atoms with Crippen LogP contribution in [0.1, 0.15) is 31.2 Å². The van der Waals surface area contributed by atoms with Crippen molar-refractivity contribution in [3.8, 4) is 0 Å². The number of rotatable bonds is 7. The highest BCUT2D eigenvalue weighted by Crippen LogP contribution is 2.18. The molecule has 0 saturated carbocycles. The van der Waals surface area contributed by atoms with Crippen LogP contribution in [-0.2, 0) is 16.0 Å². The molecular formula is C21H28N4O3. The van der Waals surface area contributed by atoms with Crippen LogP contribution < -0.4 is 5.32 Å². The molecule has 0 aliphatic carbocycles. The zero-order valence-corrected chi connectivity index (χ0v) is 16.1. The first-order valence-electron chi connectivity index (χ1n) is 10.1. The molecule has 150 valence electrons. The van der Waals surface area contributed by atoms with Crippen LogP contribution in [0.3, 0.4) is 0 Å². The quantitative estimate of drug-likeness (QED) is 0.796. The lowest BCUT2D eigenvalue weighted by Gasteiger charge is -2.27. The van der Waals surface area contributed by atoms with Gasteiger partial charge in [-0.15, -0.1) is 0 Å². The number of aromatic nitrogens is 2. The lowest BCUT2D eigenvalue weighted by Crippen LogP contribution is -2.44. The molecule has 4 rings (SSSR count). The van der Waals surface area contributed by atoms with Crippen molar-refractivity contribution >= 4 is 11.8 Å². The Hall–Kier alpha value is -2.38. The molecule has 0 unspecified atom stereocenters. The van der Waals surface area contributed by atoms with E-state index in [0.717, 1.165) is 38.9 Å². The Labute approximate surface area is 165 Å². The van der Waals surface area contributed by atoms with Crippen LogP contribution in [0.25, 0.3) is 0 Å². The smallest absolute Gasteiger partial charge is 0.323 e. The molecular weight excluding hydrogens is 356 g/mol. The van der Waals surface area contributed by atoms with Crippen molar-refractivity contribution in [3.63, 3.8) is 0 Å². The number of amides is 2. The van der Waals surface area contributed by atoms with E-state index in [1.807, 2.05) is 40.0 Å². The van der Waals surface area contributed by atoms with Gasteiger partial charge in [-0.2, -0.15) is 5.10 Å². The van der Waals surface area contributed by atoms with Crippen molar-refractivity contribution < 1.29 is 14.3 Å². The summed E-state index contributed by atoms with van der Waals surface area (Å²) in [5, 5.41) is 7.43. The fourth-order valence-corrected chi connectivity index (χ4v) is 3.78. The topological polar surface area (TPSA) is 68.6 Å². The van der Waals surface area contributed by atoms with E-state index in [1.165, 1.54) is 5.56 Å². The molecule has 0 radical (unpaired) electrons. The van der Waals surface area contributed by atoms with E-state index < -0.39 is 0 Å². The van der Waals surface area contributed by atoms with Gasteiger partial charge < -0.3 is 14.4 Å². The molecule has 3 heterocycles. The second-order valence-corrected chi connectivity index (χ2v) is 7.49. The standard InChI is InChI=1S/C21H28N4O3/c26-21(22-20-10-11-25(23-20)14-17-6-2-1-3-7-17)24(15-18-8-4-12-27-18)16-19-9-5-13-28-19/h1-3,6-7,10-11,18-19H,4-5,8-9,12-16H2,(H,22,23,26)/t18-,19+. The van der Waals surface area contributed by atoms with Crippen LogP contribution >= 0.6 is 0 Å². The average Bonchev–Trinajstić information content (AvgIpc) is 3.46. The molecule has 2 aliphatic heterocycles. The van der Waals surface area contributed by atoms with Crippen LogP contribution in [0.15, 0.2) is 42.6 Å². The minimum Gasteiger partial charge on any atom is -0.376 e. The van der Waals surface area contributed by atoms with Crippen molar-refractivity contribution in [2.45, 2.75) is 44.4 Å². The van der Waals surface area contributed by atoms with Gasteiger partial charge in [-0.05, 0) is 31.2 Å². The third-order valence-electron chi connectivity index (χ3n) is 5.25. The average molecular weight is 384 g/mol. The zero-order valence-electron chi connectivity index (χ0n) is 16.1. The first-order valence-corrected chi connectivity index (χ1v) is 10.1. The largest absolute Gasteiger partial charge is 0.376 e. The molecule has 2 fully saturated rings. The van der Waals surface area contributed by atoms with E-state index in [-0.39, 0.29) is 18.2 Å². The predicted molar refractivity (Wildman–Crippen MR) is 106 cm³/mol. The number of carbonyl (C=O) groups is 1. The van der Waals surface area contributed by atoms with Crippen molar-refractivity contribution in [3.05, 3.63) is 48.2 Å². The second-order valence-electron chi connectivity index (χ2n) is 7.49. The number of hydrogen-bond donors (Lipinski definition) is 1. The van der Waals surface area contributed by atoms with E-state index in [9.17, 15) is 4.79 Å². The summed E-state index contributed by atoms with van der Waals surface area (Å²) in [6.07, 6.45) is 6.23. The first kappa shape index (κ1) is 19.0. The van der Waals surface area contributed by atoms with Crippen molar-refractivity contribution in [1.29, 1.82) is 0 Å². The van der Waals surface area contributed by atoms with Crippen molar-refractivity contribution in [2.75, 3.05) is 31.6 Å². The number of carbonyl (C=O) groups excluding carboxylic acids is 1. The Balaban J connectivity index is 1.37. The summed E-state index contributed by atoms with van der Waals surface area (Å²) in [7, 11) is 0. The Bertz CT molecular complexity index is 734. The normalized spacial score (nSPS) is 21.7. The van der Waals surface area contributed by atoms with E-state index in [0.29, 0.717) is 25.5 Å². The molecule has 1 aromatic carbocycles. The highest BCUT2D eigenvalue weighted by molar-refractivity contribution is 5.88. The lowest BCUT2D eigenvalue weighted by molar-refractivity contribution is 0.0524. The molecule has 28 heavy (non-hydrogen) atoms. The maximum absolute atomic E-state index is 12.9. The number of anilines is 1. The maximum Gasteiger partial charge on any atom is 0.323 e. The summed E-state index contributed by atoms with van der Waals surface area (Å²) in [6.45, 7) is 3.42. The fraction of sp³-hybridized carbons (Fsp3) is 0.524. The number of nitrogens with one attached hydrogen (secondary N) is 1. The molecule has 0 spiro atoms. The van der Waals surface area contributed by atoms with Gasteiger partial charge in [0.25, 0.3) is 0 Å². The number of benzene rings is 1. The van der Waals surface area contributed by atoms with E-state index >= 15 is 0 Å². The van der Waals surface area contributed by atoms with Gasteiger partial charge in [0.15, 0.2) is 5.82 Å². The van der Waals surface area contributed by atoms with Gasteiger partial charge in [-0.1, -0.05) is 30.3 Å². The maximum atomic E-state index is 12.9. The highest BCUT2D eigenvalue weighted by Gasteiger charge is 2.27. The molecule has 2 amide bonds. The Morgan fingerprint density at radius 3 is 2.36 bits per heavy atom.